The fourth-order valence-corrected chi connectivity index (χ4v) is 1.94. The number of anilines is 1. The molecule has 8 nitrogen and oxygen atoms in total. The summed E-state index contributed by atoms with van der Waals surface area (Å²) in [5.74, 6) is -1.62. The van der Waals surface area contributed by atoms with E-state index in [1.54, 1.807) is 29.9 Å². The number of aromatic nitrogens is 1. The second-order valence-corrected chi connectivity index (χ2v) is 5.55. The van der Waals surface area contributed by atoms with Gasteiger partial charge in [0.25, 0.3) is 5.69 Å². The van der Waals surface area contributed by atoms with E-state index < -0.39 is 29.4 Å². The van der Waals surface area contributed by atoms with Crippen LogP contribution in [-0.2, 0) is 7.05 Å². The fourth-order valence-electron chi connectivity index (χ4n) is 1.94. The van der Waals surface area contributed by atoms with Gasteiger partial charge in [-0.15, -0.1) is 0 Å². The van der Waals surface area contributed by atoms with Crippen molar-refractivity contribution in [2.75, 3.05) is 19.4 Å². The Hall–Kier alpha value is -2.83. The van der Waals surface area contributed by atoms with Crippen LogP contribution < -0.4 is 44.0 Å². The molecule has 2 aromatic rings. The van der Waals surface area contributed by atoms with Crippen molar-refractivity contribution in [3.63, 3.8) is 0 Å². The zero-order valence-electron chi connectivity index (χ0n) is 15.2. The van der Waals surface area contributed by atoms with Gasteiger partial charge in [-0.05, 0) is 18.2 Å². The molecule has 0 saturated carbocycles. The molecule has 0 radical (unpaired) electrons. The van der Waals surface area contributed by atoms with E-state index in [0.717, 1.165) is 12.1 Å². The molecule has 150 valence electrons. The molecular weight excluding hydrogens is 487 g/mol. The Balaban J connectivity index is 0.00000392. The summed E-state index contributed by atoms with van der Waals surface area (Å²) in [5, 5.41) is 5.74. The SMILES string of the molecule is CN(C)C(=O)Oc1ccc[n+](C)c1/C=N/NC(=O)Nc1c(F)cccc1F.[I-]. The maximum atomic E-state index is 13.5. The minimum absolute atomic E-state index is 0. The number of ether oxygens (including phenoxy) is 1. The third-order valence-electron chi connectivity index (χ3n) is 3.31. The number of pyridine rings is 1. The first-order valence-corrected chi connectivity index (χ1v) is 7.71. The third kappa shape index (κ3) is 6.11. The van der Waals surface area contributed by atoms with Crippen molar-refractivity contribution in [1.29, 1.82) is 0 Å². The van der Waals surface area contributed by atoms with Crippen LogP contribution in [0.2, 0.25) is 0 Å². The van der Waals surface area contributed by atoms with Gasteiger partial charge >= 0.3 is 12.1 Å². The number of hydrogen-bond donors (Lipinski definition) is 2. The molecule has 28 heavy (non-hydrogen) atoms. The average molecular weight is 505 g/mol. The van der Waals surface area contributed by atoms with Gasteiger partial charge in [0.1, 0.15) is 30.6 Å². The molecule has 1 heterocycles. The Bertz CT molecular complexity index is 873. The van der Waals surface area contributed by atoms with Crippen LogP contribution in [0, 0.1) is 11.6 Å². The zero-order valence-corrected chi connectivity index (χ0v) is 17.4. The Labute approximate surface area is 177 Å². The summed E-state index contributed by atoms with van der Waals surface area (Å²) >= 11 is 0. The third-order valence-corrected chi connectivity index (χ3v) is 3.31. The highest BCUT2D eigenvalue weighted by Crippen LogP contribution is 2.17. The molecule has 0 saturated heterocycles. The van der Waals surface area contributed by atoms with Crippen LogP contribution in [-0.4, -0.2) is 37.3 Å². The predicted molar refractivity (Wildman–Crippen MR) is 93.4 cm³/mol. The standard InChI is InChI=1S/C17H17F2N5O3.HI/c1-23(2)17(26)27-14-8-5-9-24(3)13(14)10-20-22-16(25)21-15-11(18)6-4-7-12(15)19;/h4-10H,1-3H3,(H,21,25);1H. The minimum Gasteiger partial charge on any atom is -1.00 e. The summed E-state index contributed by atoms with van der Waals surface area (Å²) in [6, 6.07) is 5.47. The van der Waals surface area contributed by atoms with E-state index >= 15 is 0 Å². The van der Waals surface area contributed by atoms with Gasteiger partial charge in [-0.2, -0.15) is 9.67 Å². The monoisotopic (exact) mass is 505 g/mol. The van der Waals surface area contributed by atoms with Gasteiger partial charge in [0.15, 0.2) is 6.20 Å². The molecule has 2 N–H and O–H groups in total. The van der Waals surface area contributed by atoms with Crippen LogP contribution in [0.3, 0.4) is 0 Å². The van der Waals surface area contributed by atoms with E-state index in [0.29, 0.717) is 5.69 Å². The lowest BCUT2D eigenvalue weighted by molar-refractivity contribution is -0.672. The van der Waals surface area contributed by atoms with Crippen molar-refractivity contribution in [3.8, 4) is 5.75 Å². The van der Waals surface area contributed by atoms with E-state index in [2.05, 4.69) is 10.5 Å². The van der Waals surface area contributed by atoms with Gasteiger partial charge in [0.2, 0.25) is 5.75 Å². The molecule has 1 aromatic carbocycles. The van der Waals surface area contributed by atoms with Crippen molar-refractivity contribution in [1.82, 2.24) is 10.3 Å². The molecule has 0 aliphatic heterocycles. The molecule has 0 atom stereocenters. The second-order valence-electron chi connectivity index (χ2n) is 5.55. The second kappa shape index (κ2) is 10.5. The molecular formula is C17H18F2IN5O3. The van der Waals surface area contributed by atoms with Gasteiger partial charge in [-0.25, -0.2) is 23.8 Å². The van der Waals surface area contributed by atoms with Crippen molar-refractivity contribution in [3.05, 3.63) is 53.9 Å². The van der Waals surface area contributed by atoms with Crippen LogP contribution in [0.1, 0.15) is 5.69 Å². The minimum atomic E-state index is -0.944. The molecule has 0 bridgehead atoms. The smallest absolute Gasteiger partial charge is 0.414 e. The number of amides is 3. The van der Waals surface area contributed by atoms with Crippen LogP contribution in [0.25, 0.3) is 0 Å². The van der Waals surface area contributed by atoms with Gasteiger partial charge in [0, 0.05) is 20.2 Å². The number of carbonyl (C=O) groups excluding carboxylic acids is 2. The zero-order chi connectivity index (χ0) is 20.0. The number of urea groups is 1. The van der Waals surface area contributed by atoms with E-state index in [4.69, 9.17) is 4.74 Å². The molecule has 2 rings (SSSR count). The number of nitrogens with one attached hydrogen (secondary N) is 2. The molecule has 0 aliphatic carbocycles. The lowest BCUT2D eigenvalue weighted by Gasteiger charge is -2.10. The van der Waals surface area contributed by atoms with Gasteiger partial charge in [-0.1, -0.05) is 6.07 Å². The average Bonchev–Trinajstić information content (AvgIpc) is 2.60. The largest absolute Gasteiger partial charge is 1.00 e. The molecule has 0 unspecified atom stereocenters. The van der Waals surface area contributed by atoms with Crippen molar-refractivity contribution < 1.29 is 51.7 Å². The first-order valence-electron chi connectivity index (χ1n) is 7.71. The van der Waals surface area contributed by atoms with Gasteiger partial charge < -0.3 is 38.9 Å². The normalized spacial score (nSPS) is 10.2. The summed E-state index contributed by atoms with van der Waals surface area (Å²) in [4.78, 5) is 24.8. The molecule has 11 heteroatoms. The first-order chi connectivity index (χ1) is 12.8. The van der Waals surface area contributed by atoms with E-state index in [1.165, 1.54) is 31.3 Å². The Morgan fingerprint density at radius 3 is 2.43 bits per heavy atom. The Morgan fingerprint density at radius 1 is 1.18 bits per heavy atom. The van der Waals surface area contributed by atoms with Crippen molar-refractivity contribution in [2.45, 2.75) is 0 Å². The highest BCUT2D eigenvalue weighted by Gasteiger charge is 2.17. The van der Waals surface area contributed by atoms with Crippen molar-refractivity contribution >= 4 is 24.0 Å². The number of hydrogen-bond acceptors (Lipinski definition) is 4. The summed E-state index contributed by atoms with van der Waals surface area (Å²) in [7, 11) is 4.75. The molecule has 1 aromatic heterocycles. The summed E-state index contributed by atoms with van der Waals surface area (Å²) in [6.45, 7) is 0. The lowest BCUT2D eigenvalue weighted by Crippen LogP contribution is -3.00. The van der Waals surface area contributed by atoms with Gasteiger partial charge in [0.05, 0.1) is 0 Å². The number of halogens is 3. The van der Waals surface area contributed by atoms with E-state index in [-0.39, 0.29) is 29.7 Å². The summed E-state index contributed by atoms with van der Waals surface area (Å²) < 4.78 is 33.9. The van der Waals surface area contributed by atoms with Crippen LogP contribution in [0.15, 0.2) is 41.6 Å². The maximum absolute atomic E-state index is 13.5. The Morgan fingerprint density at radius 2 is 1.82 bits per heavy atom. The van der Waals surface area contributed by atoms with E-state index in [1.807, 2.05) is 5.32 Å². The number of nitrogens with zero attached hydrogens (tertiary/aromatic N) is 3. The quantitative estimate of drug-likeness (QED) is 0.242. The van der Waals surface area contributed by atoms with Crippen molar-refractivity contribution in [2.24, 2.45) is 12.1 Å². The number of para-hydroxylation sites is 1. The highest BCUT2D eigenvalue weighted by molar-refractivity contribution is 5.90. The van der Waals surface area contributed by atoms with Crippen LogP contribution in [0.4, 0.5) is 24.1 Å². The number of aryl methyl sites for hydroxylation is 1. The lowest BCUT2D eigenvalue weighted by atomic mass is 10.3. The Kier molecular flexibility index (Phi) is 8.70. The predicted octanol–water partition coefficient (Wildman–Crippen LogP) is -0.991. The molecule has 3 amide bonds. The van der Waals surface area contributed by atoms with E-state index in [9.17, 15) is 18.4 Å². The maximum Gasteiger partial charge on any atom is 0.414 e. The number of rotatable bonds is 4. The highest BCUT2D eigenvalue weighted by atomic mass is 127. The number of carbonyl (C=O) groups is 2. The molecule has 0 fully saturated rings. The van der Waals surface area contributed by atoms with Gasteiger partial charge in [-0.3, -0.25) is 0 Å². The summed E-state index contributed by atoms with van der Waals surface area (Å²) in [5.41, 5.74) is 1.88. The molecule has 0 aliphatic rings. The van der Waals surface area contributed by atoms with Crippen LogP contribution in [0.5, 0.6) is 5.75 Å². The topological polar surface area (TPSA) is 86.9 Å². The summed E-state index contributed by atoms with van der Waals surface area (Å²) in [6.07, 6.45) is 2.33. The fraction of sp³-hybridized carbons (Fsp3) is 0.176. The van der Waals surface area contributed by atoms with Crippen LogP contribution >= 0.6 is 0 Å². The number of benzene rings is 1. The first kappa shape index (κ1) is 23.2. The number of hydrazone groups is 1. The molecule has 0 spiro atoms.